The zero-order valence-electron chi connectivity index (χ0n) is 18.9. The van der Waals surface area contributed by atoms with Gasteiger partial charge in [0.15, 0.2) is 24.1 Å². The molecular weight excluding hydrogens is 384 g/mol. The summed E-state index contributed by atoms with van der Waals surface area (Å²) in [6, 6.07) is 0. The number of Topliss-reactive ketones (excluding diaryl/α,β-unsaturated/α-hetero) is 1. The molecule has 0 amide bonds. The van der Waals surface area contributed by atoms with E-state index in [1.54, 1.807) is 0 Å². The van der Waals surface area contributed by atoms with Crippen LogP contribution in [0.2, 0.25) is 0 Å². The molecule has 1 fully saturated rings. The molecule has 4 atom stereocenters. The monoisotopic (exact) mass is 428 g/mol. The van der Waals surface area contributed by atoms with Gasteiger partial charge in [0.05, 0.1) is 0 Å². The number of unbranched alkanes of at least 4 members (excludes halogenated alkanes) is 15. The van der Waals surface area contributed by atoms with Crippen LogP contribution in [0.5, 0.6) is 0 Å². The van der Waals surface area contributed by atoms with Crippen LogP contribution in [0.25, 0.3) is 0 Å². The van der Waals surface area contributed by atoms with Crippen LogP contribution in [-0.2, 0) is 14.3 Å². The van der Waals surface area contributed by atoms with Gasteiger partial charge in [0, 0.05) is 6.42 Å². The number of hydrogen-bond acceptors (Lipinski definition) is 6. The van der Waals surface area contributed by atoms with E-state index in [1.165, 1.54) is 83.5 Å². The third-order valence-corrected chi connectivity index (χ3v) is 6.07. The lowest BCUT2D eigenvalue weighted by molar-refractivity contribution is -0.153. The maximum Gasteiger partial charge on any atom is 0.338 e. The van der Waals surface area contributed by atoms with Crippen molar-refractivity contribution in [3.63, 3.8) is 0 Å². The highest BCUT2D eigenvalue weighted by molar-refractivity contribution is 5.85. The van der Waals surface area contributed by atoms with Crippen molar-refractivity contribution in [2.45, 2.75) is 140 Å². The predicted octanol–water partition coefficient (Wildman–Crippen LogP) is 4.22. The third kappa shape index (κ3) is 10.9. The first-order chi connectivity index (χ1) is 14.5. The van der Waals surface area contributed by atoms with Crippen LogP contribution in [0, 0.1) is 0 Å². The summed E-state index contributed by atoms with van der Waals surface area (Å²) in [7, 11) is 0. The van der Waals surface area contributed by atoms with Gasteiger partial charge in [-0.1, -0.05) is 103 Å². The minimum absolute atomic E-state index is 0.191. The number of ketones is 1. The maximum absolute atomic E-state index is 12.0. The summed E-state index contributed by atoms with van der Waals surface area (Å²) in [6.45, 7) is 2.25. The zero-order chi connectivity index (χ0) is 22.2. The van der Waals surface area contributed by atoms with Crippen molar-refractivity contribution in [3.8, 4) is 0 Å². The number of hydrogen-bond donors (Lipinski definition) is 3. The number of aliphatic hydroxyl groups is 3. The highest BCUT2D eigenvalue weighted by atomic mass is 16.6. The van der Waals surface area contributed by atoms with Gasteiger partial charge in [-0.25, -0.2) is 4.79 Å². The molecule has 1 aliphatic heterocycles. The fraction of sp³-hybridized carbons (Fsp3) is 0.917. The van der Waals surface area contributed by atoms with Crippen LogP contribution in [0.15, 0.2) is 0 Å². The summed E-state index contributed by atoms with van der Waals surface area (Å²) in [5.41, 5.74) is 0. The second kappa shape index (κ2) is 16.7. The Bertz CT molecular complexity index is 467. The maximum atomic E-state index is 12.0. The van der Waals surface area contributed by atoms with E-state index in [0.717, 1.165) is 12.8 Å². The zero-order valence-corrected chi connectivity index (χ0v) is 18.9. The van der Waals surface area contributed by atoms with Gasteiger partial charge in [0.25, 0.3) is 0 Å². The van der Waals surface area contributed by atoms with Crippen LogP contribution >= 0.6 is 0 Å². The van der Waals surface area contributed by atoms with Gasteiger partial charge in [-0.2, -0.15) is 0 Å². The van der Waals surface area contributed by atoms with E-state index < -0.39 is 36.2 Å². The molecule has 0 spiro atoms. The largest absolute Gasteiger partial charge is 0.454 e. The fourth-order valence-corrected chi connectivity index (χ4v) is 4.02. The first-order valence-electron chi connectivity index (χ1n) is 12.3. The lowest BCUT2D eigenvalue weighted by atomic mass is 9.98. The minimum Gasteiger partial charge on any atom is -0.454 e. The first kappa shape index (κ1) is 27.1. The van der Waals surface area contributed by atoms with E-state index in [0.29, 0.717) is 6.42 Å². The minimum atomic E-state index is -1.69. The second-order valence-corrected chi connectivity index (χ2v) is 8.80. The highest BCUT2D eigenvalue weighted by Crippen LogP contribution is 2.21. The summed E-state index contributed by atoms with van der Waals surface area (Å²) in [5.74, 6) is -1.45. The van der Waals surface area contributed by atoms with Crippen LogP contribution in [0.1, 0.15) is 116 Å². The Morgan fingerprint density at radius 3 is 1.57 bits per heavy atom. The molecule has 1 aliphatic rings. The Kier molecular flexibility index (Phi) is 15.0. The normalized spacial score (nSPS) is 22.3. The number of ether oxygens (including phenoxy) is 1. The van der Waals surface area contributed by atoms with Crippen molar-refractivity contribution in [1.29, 1.82) is 0 Å². The second-order valence-electron chi connectivity index (χ2n) is 8.80. The molecule has 0 bridgehead atoms. The molecule has 0 aromatic carbocycles. The summed E-state index contributed by atoms with van der Waals surface area (Å²) in [6.07, 6.45) is 14.0. The van der Waals surface area contributed by atoms with Crippen molar-refractivity contribution in [2.24, 2.45) is 0 Å². The Morgan fingerprint density at radius 2 is 1.20 bits per heavy atom. The molecule has 176 valence electrons. The summed E-state index contributed by atoms with van der Waals surface area (Å²) >= 11 is 0. The summed E-state index contributed by atoms with van der Waals surface area (Å²) < 4.78 is 4.69. The van der Waals surface area contributed by atoms with Gasteiger partial charge in [-0.3, -0.25) is 4.79 Å². The number of carbonyl (C=O) groups excluding carboxylic acids is 2. The average molecular weight is 429 g/mol. The van der Waals surface area contributed by atoms with Crippen molar-refractivity contribution in [2.75, 3.05) is 0 Å². The van der Waals surface area contributed by atoms with E-state index in [1.807, 2.05) is 0 Å². The van der Waals surface area contributed by atoms with Gasteiger partial charge in [0.2, 0.25) is 0 Å². The molecule has 0 aromatic heterocycles. The standard InChI is InChI=1S/C24H44O6/c1-2-3-4-5-6-7-8-9-10-11-12-13-14-15-16-17-18-19(25)20(26)23-21(27)22(28)24(29)30-23/h20-23,26-28H,2-18H2,1H3/t20-,21+,22-,23+/m0/s1. The van der Waals surface area contributed by atoms with Crippen molar-refractivity contribution < 1.29 is 29.6 Å². The first-order valence-corrected chi connectivity index (χ1v) is 12.3. The summed E-state index contributed by atoms with van der Waals surface area (Å²) in [4.78, 5) is 23.2. The number of cyclic esters (lactones) is 1. The topological polar surface area (TPSA) is 104 Å². The lowest BCUT2D eigenvalue weighted by Gasteiger charge is -2.18. The third-order valence-electron chi connectivity index (χ3n) is 6.07. The SMILES string of the molecule is CCCCCCCCCCCCCCCCCCC(=O)[C@H](O)[C@H]1OC(=O)[C@@H](O)[C@H]1O. The highest BCUT2D eigenvalue weighted by Gasteiger charge is 2.47. The fourth-order valence-electron chi connectivity index (χ4n) is 4.02. The van der Waals surface area contributed by atoms with E-state index in [2.05, 4.69) is 6.92 Å². The summed E-state index contributed by atoms with van der Waals surface area (Å²) in [5, 5.41) is 28.9. The van der Waals surface area contributed by atoms with Crippen LogP contribution in [0.4, 0.5) is 0 Å². The molecular formula is C24H44O6. The van der Waals surface area contributed by atoms with E-state index in [4.69, 9.17) is 4.74 Å². The average Bonchev–Trinajstić information content (AvgIpc) is 3.00. The molecule has 0 radical (unpaired) electrons. The van der Waals surface area contributed by atoms with Gasteiger partial charge in [0.1, 0.15) is 6.10 Å². The predicted molar refractivity (Wildman–Crippen MR) is 117 cm³/mol. The van der Waals surface area contributed by atoms with Crippen molar-refractivity contribution >= 4 is 11.8 Å². The van der Waals surface area contributed by atoms with Crippen molar-refractivity contribution in [1.82, 2.24) is 0 Å². The molecule has 1 rings (SSSR count). The molecule has 30 heavy (non-hydrogen) atoms. The smallest absolute Gasteiger partial charge is 0.338 e. The molecule has 0 aliphatic carbocycles. The molecule has 6 nitrogen and oxygen atoms in total. The van der Waals surface area contributed by atoms with Gasteiger partial charge >= 0.3 is 5.97 Å². The molecule has 6 heteroatoms. The molecule has 3 N–H and O–H groups in total. The molecule has 0 aromatic rings. The van der Waals surface area contributed by atoms with E-state index in [9.17, 15) is 24.9 Å². The van der Waals surface area contributed by atoms with Crippen molar-refractivity contribution in [3.05, 3.63) is 0 Å². The quantitative estimate of drug-likeness (QED) is 0.210. The van der Waals surface area contributed by atoms with Gasteiger partial charge < -0.3 is 20.1 Å². The number of rotatable bonds is 19. The molecule has 0 unspecified atom stereocenters. The molecule has 1 saturated heterocycles. The Labute approximate surface area is 182 Å². The van der Waals surface area contributed by atoms with Crippen LogP contribution < -0.4 is 0 Å². The Hall–Kier alpha value is -0.980. The molecule has 1 heterocycles. The van der Waals surface area contributed by atoms with Gasteiger partial charge in [-0.05, 0) is 6.42 Å². The van der Waals surface area contributed by atoms with E-state index in [-0.39, 0.29) is 6.42 Å². The van der Waals surface area contributed by atoms with Crippen LogP contribution in [-0.4, -0.2) is 51.5 Å². The lowest BCUT2D eigenvalue weighted by Crippen LogP contribution is -2.42. The van der Waals surface area contributed by atoms with Crippen LogP contribution in [0.3, 0.4) is 0 Å². The Balaban J connectivity index is 1.88. The number of carbonyl (C=O) groups is 2. The number of esters is 1. The van der Waals surface area contributed by atoms with Gasteiger partial charge in [-0.15, -0.1) is 0 Å². The Morgan fingerprint density at radius 1 is 0.800 bits per heavy atom. The molecule has 0 saturated carbocycles. The number of aliphatic hydroxyl groups excluding tert-OH is 3. The van der Waals surface area contributed by atoms with E-state index >= 15 is 0 Å².